The molecule has 5 rings (SSSR count). The Labute approximate surface area is 194 Å². The second-order valence-electron chi connectivity index (χ2n) is 8.47. The zero-order valence-corrected chi connectivity index (χ0v) is 19.0. The maximum Gasteiger partial charge on any atom is 0.332 e. The molecule has 1 atom stereocenters. The van der Waals surface area contributed by atoms with Crippen LogP contribution in [0.1, 0.15) is 24.0 Å². The number of anilines is 1. The first-order valence-corrected chi connectivity index (χ1v) is 11.6. The number of aromatic nitrogens is 6. The molecule has 1 aliphatic carbocycles. The van der Waals surface area contributed by atoms with E-state index in [1.54, 1.807) is 42.6 Å². The van der Waals surface area contributed by atoms with Crippen LogP contribution in [0.4, 0.5) is 10.1 Å². The van der Waals surface area contributed by atoms with E-state index in [0.717, 1.165) is 14.4 Å². The molecule has 0 bridgehead atoms. The second-order valence-corrected chi connectivity index (χ2v) is 9.30. The number of nitrogens with one attached hydrogen (secondary N) is 1. The number of hydrogen-bond donors (Lipinski definition) is 2. The highest BCUT2D eigenvalue weighted by Gasteiger charge is 2.51. The van der Waals surface area contributed by atoms with Gasteiger partial charge in [0.1, 0.15) is 6.67 Å². The van der Waals surface area contributed by atoms with Gasteiger partial charge in [-0.25, -0.2) is 13.4 Å². The first-order valence-electron chi connectivity index (χ1n) is 10.5. The Bertz CT molecular complexity index is 1500. The number of aromatic amines is 1. The summed E-state index contributed by atoms with van der Waals surface area (Å²) in [4.78, 5) is 26.9. The molecule has 1 aromatic carbocycles. The lowest BCUT2D eigenvalue weighted by Gasteiger charge is -2.28. The van der Waals surface area contributed by atoms with Gasteiger partial charge in [0, 0.05) is 30.6 Å². The third-order valence-corrected chi connectivity index (χ3v) is 7.01. The molecule has 2 N–H and O–H groups in total. The Balaban J connectivity index is 1.72. The quantitative estimate of drug-likeness (QED) is 0.359. The molecule has 0 radical (unpaired) electrons. The first-order chi connectivity index (χ1) is 16.3. The molecular weight excluding hydrogens is 465 g/mol. The first kappa shape index (κ1) is 22.2. The highest BCUT2D eigenvalue weighted by Crippen LogP contribution is 2.45. The zero-order valence-electron chi connectivity index (χ0n) is 18.2. The van der Waals surface area contributed by atoms with Crippen LogP contribution in [-0.2, 0) is 31.4 Å². The number of aryl methyl sites for hydroxylation is 1. The predicted molar refractivity (Wildman–Crippen MR) is 124 cm³/mol. The fourth-order valence-corrected chi connectivity index (χ4v) is 5.03. The average Bonchev–Trinajstić information content (AvgIpc) is 3.20. The second kappa shape index (κ2) is 8.33. The van der Waals surface area contributed by atoms with E-state index < -0.39 is 34.7 Å². The maximum absolute atomic E-state index is 13.7. The Morgan fingerprint density at radius 3 is 2.56 bits per heavy atom. The molecule has 0 amide bonds. The number of alkyl halides is 1. The number of H-pyrrole nitrogens is 1. The van der Waals surface area contributed by atoms with Gasteiger partial charge in [-0.05, 0) is 31.0 Å². The van der Waals surface area contributed by atoms with Gasteiger partial charge in [0.2, 0.25) is 0 Å². The number of benzene rings is 1. The van der Waals surface area contributed by atoms with Crippen molar-refractivity contribution in [3.8, 4) is 0 Å². The normalized spacial score (nSPS) is 15.5. The lowest BCUT2D eigenvalue weighted by atomic mass is 10.1. The number of nitrogens with zero attached hydrogens (tertiary/aromatic N) is 6. The van der Waals surface area contributed by atoms with Gasteiger partial charge in [-0.15, -0.1) is 0 Å². The molecule has 3 aromatic heterocycles. The van der Waals surface area contributed by atoms with Crippen LogP contribution < -0.4 is 15.6 Å². The highest BCUT2D eigenvalue weighted by molar-refractivity contribution is 7.80. The number of fused-ring (bicyclic) bond motifs is 1. The van der Waals surface area contributed by atoms with Crippen molar-refractivity contribution in [1.29, 1.82) is 0 Å². The summed E-state index contributed by atoms with van der Waals surface area (Å²) < 4.78 is 41.0. The molecule has 1 unspecified atom stereocenters. The van der Waals surface area contributed by atoms with Gasteiger partial charge < -0.3 is 0 Å². The van der Waals surface area contributed by atoms with Crippen LogP contribution in [0.2, 0.25) is 0 Å². The minimum Gasteiger partial charge on any atom is -0.289 e. The summed E-state index contributed by atoms with van der Waals surface area (Å²) in [5.41, 5.74) is -0.139. The lowest BCUT2D eigenvalue weighted by molar-refractivity contribution is 0.413. The Morgan fingerprint density at radius 2 is 1.97 bits per heavy atom. The summed E-state index contributed by atoms with van der Waals surface area (Å²) in [5.74, 6) is 0. The summed E-state index contributed by atoms with van der Waals surface area (Å²) in [6, 6.07) is 4.53. The van der Waals surface area contributed by atoms with Gasteiger partial charge in [-0.2, -0.15) is 10.2 Å². The number of hydrogen-bond acceptors (Lipinski definition) is 5. The van der Waals surface area contributed by atoms with E-state index in [9.17, 15) is 22.7 Å². The van der Waals surface area contributed by atoms with E-state index in [-0.39, 0.29) is 24.2 Å². The highest BCUT2D eigenvalue weighted by atomic mass is 32.2. The Morgan fingerprint density at radius 1 is 1.21 bits per heavy atom. The van der Waals surface area contributed by atoms with Crippen LogP contribution in [0.3, 0.4) is 0 Å². The van der Waals surface area contributed by atoms with Crippen LogP contribution >= 0.6 is 0 Å². The summed E-state index contributed by atoms with van der Waals surface area (Å²) in [6.07, 6.45) is 7.37. The van der Waals surface area contributed by atoms with Crippen molar-refractivity contribution in [3.05, 3.63) is 75.0 Å². The number of rotatable bonds is 8. The third kappa shape index (κ3) is 3.76. The fourth-order valence-electron chi connectivity index (χ4n) is 4.18. The van der Waals surface area contributed by atoms with Crippen molar-refractivity contribution in [1.82, 2.24) is 29.1 Å². The van der Waals surface area contributed by atoms with E-state index in [4.69, 9.17) is 0 Å². The van der Waals surface area contributed by atoms with Gasteiger partial charge >= 0.3 is 5.69 Å². The topological polar surface area (TPSA) is 131 Å². The molecule has 3 heterocycles. The summed E-state index contributed by atoms with van der Waals surface area (Å²) in [5, 5.41) is 10.9. The summed E-state index contributed by atoms with van der Waals surface area (Å²) in [7, 11) is 1.73. The largest absolute Gasteiger partial charge is 0.332 e. The SMILES string of the molecule is Cn1cc(Cn2c(=O)c3cc(N(S(=O)O)C4(CF)CC4)ccc3n(Cc3cn[nH]c3)c2=O)cn1. The van der Waals surface area contributed by atoms with Gasteiger partial charge in [-0.1, -0.05) is 0 Å². The molecule has 34 heavy (non-hydrogen) atoms. The van der Waals surface area contributed by atoms with Crippen molar-refractivity contribution >= 4 is 27.9 Å². The molecule has 4 aromatic rings. The van der Waals surface area contributed by atoms with E-state index in [0.29, 0.717) is 23.9 Å². The standard InChI is InChI=1S/C21H22FN7O4S/c1-26-10-15(9-25-26)12-28-19(30)17-6-16(29(34(32)33)21(13-22)4-5-21)2-3-18(17)27(20(28)31)11-14-7-23-24-8-14/h2-3,6-10H,4-5,11-13H2,1H3,(H,23,24)(H,32,33). The van der Waals surface area contributed by atoms with Gasteiger partial charge in [0.25, 0.3) is 16.8 Å². The third-order valence-electron chi connectivity index (χ3n) is 6.10. The number of halogens is 1. The van der Waals surface area contributed by atoms with Crippen molar-refractivity contribution in [2.45, 2.75) is 31.5 Å². The Kier molecular flexibility index (Phi) is 5.44. The smallest absolute Gasteiger partial charge is 0.289 e. The van der Waals surface area contributed by atoms with E-state index >= 15 is 0 Å². The van der Waals surface area contributed by atoms with Crippen LogP contribution in [0, 0.1) is 0 Å². The van der Waals surface area contributed by atoms with Gasteiger partial charge in [0.05, 0.1) is 47.6 Å². The molecule has 11 nitrogen and oxygen atoms in total. The van der Waals surface area contributed by atoms with Crippen LogP contribution in [0.25, 0.3) is 10.9 Å². The molecular formula is C21H22FN7O4S. The van der Waals surface area contributed by atoms with Crippen molar-refractivity contribution in [3.63, 3.8) is 0 Å². The van der Waals surface area contributed by atoms with Crippen LogP contribution in [-0.4, -0.2) is 50.1 Å². The monoisotopic (exact) mass is 487 g/mol. The van der Waals surface area contributed by atoms with Crippen molar-refractivity contribution in [2.75, 3.05) is 11.0 Å². The molecule has 0 spiro atoms. The average molecular weight is 488 g/mol. The molecule has 178 valence electrons. The fraction of sp³-hybridized carbons (Fsp3) is 0.333. The predicted octanol–water partition coefficient (Wildman–Crippen LogP) is 1.16. The lowest BCUT2D eigenvalue weighted by Crippen LogP contribution is -2.42. The Hall–Kier alpha value is -3.58. The molecule has 1 fully saturated rings. The van der Waals surface area contributed by atoms with Crippen molar-refractivity contribution in [2.24, 2.45) is 7.05 Å². The van der Waals surface area contributed by atoms with Crippen LogP contribution in [0.15, 0.2) is 52.6 Å². The van der Waals surface area contributed by atoms with Crippen LogP contribution in [0.5, 0.6) is 0 Å². The maximum atomic E-state index is 13.7. The minimum atomic E-state index is -2.49. The van der Waals surface area contributed by atoms with E-state index in [1.807, 2.05) is 0 Å². The zero-order chi connectivity index (χ0) is 24.0. The minimum absolute atomic E-state index is 0.00111. The van der Waals surface area contributed by atoms with Crippen molar-refractivity contribution < 1.29 is 13.2 Å². The van der Waals surface area contributed by atoms with Gasteiger partial charge in [0.15, 0.2) is 0 Å². The summed E-state index contributed by atoms with van der Waals surface area (Å²) >= 11 is -2.49. The molecule has 1 aliphatic rings. The van der Waals surface area contributed by atoms with E-state index in [1.165, 1.54) is 16.7 Å². The molecule has 13 heteroatoms. The molecule has 0 aliphatic heterocycles. The molecule has 0 saturated heterocycles. The van der Waals surface area contributed by atoms with E-state index in [2.05, 4.69) is 15.3 Å². The summed E-state index contributed by atoms with van der Waals surface area (Å²) in [6.45, 7) is -0.633. The molecule has 1 saturated carbocycles. The van der Waals surface area contributed by atoms with Gasteiger partial charge in [-0.3, -0.25) is 32.6 Å².